The lowest BCUT2D eigenvalue weighted by Gasteiger charge is -2.28. The molecule has 5 nitrogen and oxygen atoms in total. The Morgan fingerprint density at radius 3 is 1.81 bits per heavy atom. The van der Waals surface area contributed by atoms with Crippen molar-refractivity contribution in [2.24, 2.45) is 0 Å². The van der Waals surface area contributed by atoms with Crippen molar-refractivity contribution in [3.05, 3.63) is 47.0 Å². The summed E-state index contributed by atoms with van der Waals surface area (Å²) in [7, 11) is 0. The Labute approximate surface area is 154 Å². The molecular weight excluding hydrogens is 330 g/mol. The van der Waals surface area contributed by atoms with E-state index in [0.29, 0.717) is 11.4 Å². The van der Waals surface area contributed by atoms with Gasteiger partial charge >= 0.3 is 5.97 Å². The van der Waals surface area contributed by atoms with Crippen LogP contribution in [0, 0.1) is 0 Å². The molecule has 0 aliphatic carbocycles. The molecule has 0 heterocycles. The summed E-state index contributed by atoms with van der Waals surface area (Å²) in [4.78, 5) is 11.2. The van der Waals surface area contributed by atoms with E-state index in [-0.39, 0.29) is 27.9 Å². The predicted molar refractivity (Wildman–Crippen MR) is 104 cm³/mol. The third kappa shape index (κ3) is 4.10. The van der Waals surface area contributed by atoms with Gasteiger partial charge in [-0.3, -0.25) is 0 Å². The van der Waals surface area contributed by atoms with Gasteiger partial charge < -0.3 is 20.6 Å². The van der Waals surface area contributed by atoms with Crippen LogP contribution in [-0.4, -0.2) is 21.3 Å². The Kier molecular flexibility index (Phi) is 4.95. The number of aromatic carboxylic acids is 1. The van der Waals surface area contributed by atoms with Crippen molar-refractivity contribution < 1.29 is 20.1 Å². The second-order valence-electron chi connectivity index (χ2n) is 8.58. The number of phenols is 2. The van der Waals surface area contributed by atoms with E-state index in [9.17, 15) is 15.0 Å². The first kappa shape index (κ1) is 19.6. The molecule has 26 heavy (non-hydrogen) atoms. The lowest BCUT2D eigenvalue weighted by Crippen LogP contribution is -2.17. The average Bonchev–Trinajstić information content (AvgIpc) is 2.48. The fraction of sp³-hybridized carbons (Fsp3) is 0.381. The molecule has 0 amide bonds. The van der Waals surface area contributed by atoms with E-state index in [4.69, 9.17) is 5.11 Å². The number of carboxylic acids is 1. The van der Waals surface area contributed by atoms with Crippen LogP contribution in [0.15, 0.2) is 30.3 Å². The molecule has 0 aliphatic heterocycles. The van der Waals surface area contributed by atoms with Crippen molar-refractivity contribution in [2.45, 2.75) is 52.4 Å². The summed E-state index contributed by atoms with van der Waals surface area (Å²) in [5, 5.41) is 33.1. The van der Waals surface area contributed by atoms with Crippen LogP contribution >= 0.6 is 0 Å². The van der Waals surface area contributed by atoms with Crippen LogP contribution in [0.25, 0.3) is 0 Å². The second kappa shape index (κ2) is 6.56. The zero-order valence-electron chi connectivity index (χ0n) is 16.1. The smallest absolute Gasteiger partial charge is 0.335 e. The number of carbonyl (C=O) groups is 1. The maximum atomic E-state index is 11.2. The third-order valence-corrected chi connectivity index (χ3v) is 4.25. The quantitative estimate of drug-likeness (QED) is 0.451. The van der Waals surface area contributed by atoms with E-state index in [2.05, 4.69) is 5.32 Å². The monoisotopic (exact) mass is 357 g/mol. The number of rotatable bonds is 3. The molecule has 0 aliphatic rings. The standard InChI is InChI=1S/C21H27NO4/c1-20(2,3)14-10-13(11-15(18(14)24)21(4,5)6)22-16-9-12(19(25)26)7-8-17(16)23/h7-11,22-24H,1-6H3,(H,25,26). The largest absolute Gasteiger partial charge is 0.507 e. The Balaban J connectivity index is 2.61. The van der Waals surface area contributed by atoms with Crippen LogP contribution in [0.4, 0.5) is 11.4 Å². The molecule has 2 aromatic rings. The number of phenolic OH excluding ortho intramolecular Hbond substituents is 2. The molecule has 0 spiro atoms. The normalized spacial score (nSPS) is 12.1. The maximum Gasteiger partial charge on any atom is 0.335 e. The fourth-order valence-corrected chi connectivity index (χ4v) is 2.77. The molecular formula is C21H27NO4. The fourth-order valence-electron chi connectivity index (χ4n) is 2.77. The van der Waals surface area contributed by atoms with Gasteiger partial charge in [0.15, 0.2) is 0 Å². The van der Waals surface area contributed by atoms with Gasteiger partial charge in [-0.05, 0) is 41.2 Å². The number of nitrogens with one attached hydrogen (secondary N) is 1. The second-order valence-corrected chi connectivity index (χ2v) is 8.58. The summed E-state index contributed by atoms with van der Waals surface area (Å²) >= 11 is 0. The minimum absolute atomic E-state index is 0.0438. The van der Waals surface area contributed by atoms with Gasteiger partial charge in [0.1, 0.15) is 11.5 Å². The summed E-state index contributed by atoms with van der Waals surface area (Å²) in [6.07, 6.45) is 0. The van der Waals surface area contributed by atoms with E-state index in [1.165, 1.54) is 18.2 Å². The van der Waals surface area contributed by atoms with Gasteiger partial charge in [0.2, 0.25) is 0 Å². The SMILES string of the molecule is CC(C)(C)c1cc(Nc2cc(C(=O)O)ccc2O)cc(C(C)(C)C)c1O. The molecule has 0 saturated heterocycles. The van der Waals surface area contributed by atoms with Gasteiger partial charge in [-0.15, -0.1) is 0 Å². The van der Waals surface area contributed by atoms with Gasteiger partial charge in [0.25, 0.3) is 0 Å². The minimum atomic E-state index is -1.07. The topological polar surface area (TPSA) is 89.8 Å². The summed E-state index contributed by atoms with van der Waals surface area (Å²) in [6.45, 7) is 12.1. The van der Waals surface area contributed by atoms with E-state index < -0.39 is 5.97 Å². The van der Waals surface area contributed by atoms with Crippen molar-refractivity contribution in [2.75, 3.05) is 5.32 Å². The van der Waals surface area contributed by atoms with Crippen LogP contribution < -0.4 is 5.32 Å². The first-order valence-corrected chi connectivity index (χ1v) is 8.52. The lowest BCUT2D eigenvalue weighted by atomic mass is 9.79. The van der Waals surface area contributed by atoms with Gasteiger partial charge in [-0.1, -0.05) is 41.5 Å². The number of benzene rings is 2. The molecule has 0 atom stereocenters. The molecule has 2 aromatic carbocycles. The van der Waals surface area contributed by atoms with Crippen LogP contribution in [-0.2, 0) is 10.8 Å². The van der Waals surface area contributed by atoms with Crippen molar-refractivity contribution in [1.29, 1.82) is 0 Å². The Morgan fingerprint density at radius 2 is 1.38 bits per heavy atom. The molecule has 0 radical (unpaired) electrons. The number of anilines is 2. The minimum Gasteiger partial charge on any atom is -0.507 e. The molecule has 2 rings (SSSR count). The maximum absolute atomic E-state index is 11.2. The number of carboxylic acid groups (broad SMARTS) is 1. The highest BCUT2D eigenvalue weighted by Gasteiger charge is 2.26. The van der Waals surface area contributed by atoms with E-state index >= 15 is 0 Å². The molecule has 5 heteroatoms. The third-order valence-electron chi connectivity index (χ3n) is 4.25. The molecule has 0 bridgehead atoms. The highest BCUT2D eigenvalue weighted by Crippen LogP contribution is 2.42. The Morgan fingerprint density at radius 1 is 0.885 bits per heavy atom. The average molecular weight is 357 g/mol. The number of hydrogen-bond donors (Lipinski definition) is 4. The van der Waals surface area contributed by atoms with Crippen molar-refractivity contribution >= 4 is 17.3 Å². The van der Waals surface area contributed by atoms with Crippen molar-refractivity contribution in [1.82, 2.24) is 0 Å². The molecule has 0 aromatic heterocycles. The highest BCUT2D eigenvalue weighted by molar-refractivity contribution is 5.90. The molecule has 0 saturated carbocycles. The van der Waals surface area contributed by atoms with Crippen LogP contribution in [0.3, 0.4) is 0 Å². The van der Waals surface area contributed by atoms with Gasteiger partial charge in [0, 0.05) is 16.8 Å². The summed E-state index contributed by atoms with van der Waals surface area (Å²) in [5.41, 5.74) is 2.05. The zero-order chi connectivity index (χ0) is 19.9. The van der Waals surface area contributed by atoms with Crippen molar-refractivity contribution in [3.8, 4) is 11.5 Å². The summed E-state index contributed by atoms with van der Waals surface area (Å²) in [6, 6.07) is 7.75. The Hall–Kier alpha value is -2.69. The molecule has 0 fully saturated rings. The van der Waals surface area contributed by atoms with Crippen LogP contribution in [0.5, 0.6) is 11.5 Å². The Bertz CT molecular complexity index is 807. The summed E-state index contributed by atoms with van der Waals surface area (Å²) in [5.74, 6) is -0.846. The zero-order valence-corrected chi connectivity index (χ0v) is 16.1. The predicted octanol–water partition coefficient (Wildman–Crippen LogP) is 5.13. The number of hydrogen-bond acceptors (Lipinski definition) is 4. The van der Waals surface area contributed by atoms with Crippen molar-refractivity contribution in [3.63, 3.8) is 0 Å². The van der Waals surface area contributed by atoms with E-state index in [1.54, 1.807) is 0 Å². The first-order valence-electron chi connectivity index (χ1n) is 8.52. The van der Waals surface area contributed by atoms with Crippen LogP contribution in [0.2, 0.25) is 0 Å². The summed E-state index contributed by atoms with van der Waals surface area (Å²) < 4.78 is 0. The van der Waals surface area contributed by atoms with Gasteiger partial charge in [0.05, 0.1) is 11.3 Å². The molecule has 4 N–H and O–H groups in total. The number of aromatic hydroxyl groups is 2. The first-order chi connectivity index (χ1) is 11.8. The van der Waals surface area contributed by atoms with E-state index in [0.717, 1.165) is 11.1 Å². The van der Waals surface area contributed by atoms with Crippen LogP contribution in [0.1, 0.15) is 63.0 Å². The molecule has 140 valence electrons. The molecule has 0 unspecified atom stereocenters. The highest BCUT2D eigenvalue weighted by atomic mass is 16.4. The van der Waals surface area contributed by atoms with Gasteiger partial charge in [-0.25, -0.2) is 4.79 Å². The van der Waals surface area contributed by atoms with E-state index in [1.807, 2.05) is 53.7 Å². The lowest BCUT2D eigenvalue weighted by molar-refractivity contribution is 0.0697. The van der Waals surface area contributed by atoms with Gasteiger partial charge in [-0.2, -0.15) is 0 Å².